The molecule has 33 heavy (non-hydrogen) atoms. The lowest BCUT2D eigenvalue weighted by molar-refractivity contribution is -0.138. The molecule has 2 aromatic rings. The molecule has 1 N–H and O–H groups in total. The van der Waals surface area contributed by atoms with Crippen molar-refractivity contribution in [3.63, 3.8) is 0 Å². The second-order valence-electron chi connectivity index (χ2n) is 8.52. The van der Waals surface area contributed by atoms with E-state index in [0.29, 0.717) is 41.4 Å². The first-order valence-electron chi connectivity index (χ1n) is 10.8. The molecule has 1 aliphatic heterocycles. The van der Waals surface area contributed by atoms with Crippen molar-refractivity contribution in [2.45, 2.75) is 50.1 Å². The van der Waals surface area contributed by atoms with E-state index in [9.17, 15) is 18.0 Å². The summed E-state index contributed by atoms with van der Waals surface area (Å²) in [5.41, 5.74) is 0.483. The molecule has 2 aromatic carbocycles. The van der Waals surface area contributed by atoms with Crippen LogP contribution in [0, 0.1) is 12.3 Å². The van der Waals surface area contributed by atoms with Gasteiger partial charge in [-0.05, 0) is 61.1 Å². The largest absolute Gasteiger partial charge is 0.331 e. The molecule has 3 rings (SSSR count). The third-order valence-electron chi connectivity index (χ3n) is 5.48. The number of hydrogen-bond acceptors (Lipinski definition) is 4. The lowest BCUT2D eigenvalue weighted by Crippen LogP contribution is -2.52. The van der Waals surface area contributed by atoms with Crippen molar-refractivity contribution in [1.29, 1.82) is 0 Å². The molecule has 1 fully saturated rings. The quantitative estimate of drug-likeness (QED) is 0.539. The van der Waals surface area contributed by atoms with E-state index < -0.39 is 28.0 Å². The van der Waals surface area contributed by atoms with Crippen LogP contribution >= 0.6 is 23.2 Å². The summed E-state index contributed by atoms with van der Waals surface area (Å²) in [5.74, 6) is -0.602. The minimum absolute atomic E-state index is 0.0611. The second-order valence-corrected chi connectivity index (χ2v) is 11.1. The molecule has 0 aromatic heterocycles. The molecule has 0 spiro atoms. The Morgan fingerprint density at radius 1 is 1.15 bits per heavy atom. The molecule has 1 radical (unpaired) electrons. The summed E-state index contributed by atoms with van der Waals surface area (Å²) < 4.78 is 28.3. The summed E-state index contributed by atoms with van der Waals surface area (Å²) in [5, 5.41) is 0.835. The standard InChI is InChI=1S/C24H27Cl2N2O4S/c1-16(2)13-21(27-33(31,32)19-7-4-3-5-8-19)24(30)28-12-6-9-22(28)23(29)15-17-14-18(25)10-11-20(17)26/h3-5,7-8,10-11,14-16,21-22,27H,6,9,12-13H2,1-2H3/t21-,22-/m0/s1. The van der Waals surface area contributed by atoms with Gasteiger partial charge in [0.1, 0.15) is 6.04 Å². The van der Waals surface area contributed by atoms with Gasteiger partial charge in [-0.25, -0.2) is 8.42 Å². The van der Waals surface area contributed by atoms with Crippen molar-refractivity contribution in [2.75, 3.05) is 6.54 Å². The topological polar surface area (TPSA) is 83.6 Å². The minimum atomic E-state index is -3.90. The zero-order valence-corrected chi connectivity index (χ0v) is 20.8. The Labute approximate surface area is 205 Å². The summed E-state index contributed by atoms with van der Waals surface area (Å²) >= 11 is 12.2. The average molecular weight is 510 g/mol. The molecule has 0 unspecified atom stereocenters. The van der Waals surface area contributed by atoms with E-state index in [4.69, 9.17) is 23.2 Å². The highest BCUT2D eigenvalue weighted by Gasteiger charge is 2.38. The first kappa shape index (κ1) is 25.7. The highest BCUT2D eigenvalue weighted by atomic mass is 35.5. The Morgan fingerprint density at radius 2 is 1.85 bits per heavy atom. The zero-order valence-electron chi connectivity index (χ0n) is 18.5. The summed E-state index contributed by atoms with van der Waals surface area (Å²) in [4.78, 5) is 28.1. The third kappa shape index (κ3) is 6.57. The number of rotatable bonds is 9. The van der Waals surface area contributed by atoms with Gasteiger partial charge in [-0.3, -0.25) is 9.59 Å². The number of ketones is 1. The number of likely N-dealkylation sites (tertiary alicyclic amines) is 1. The normalized spacial score (nSPS) is 17.4. The molecule has 0 saturated carbocycles. The Kier molecular flexibility index (Phi) is 8.56. The molecule has 1 saturated heterocycles. The molecule has 177 valence electrons. The van der Waals surface area contributed by atoms with Crippen LogP contribution in [0.5, 0.6) is 0 Å². The number of hydrogen-bond donors (Lipinski definition) is 1. The number of nitrogens with one attached hydrogen (secondary N) is 1. The number of halogens is 2. The van der Waals surface area contributed by atoms with Crippen molar-refractivity contribution < 1.29 is 18.0 Å². The maximum Gasteiger partial charge on any atom is 0.241 e. The van der Waals surface area contributed by atoms with Gasteiger partial charge in [0.2, 0.25) is 15.9 Å². The van der Waals surface area contributed by atoms with E-state index in [0.717, 1.165) is 0 Å². The smallest absolute Gasteiger partial charge is 0.241 e. The van der Waals surface area contributed by atoms with Crippen molar-refractivity contribution in [2.24, 2.45) is 5.92 Å². The average Bonchev–Trinajstić information content (AvgIpc) is 3.25. The Morgan fingerprint density at radius 3 is 2.52 bits per heavy atom. The van der Waals surface area contributed by atoms with Crippen LogP contribution in [-0.4, -0.2) is 43.6 Å². The van der Waals surface area contributed by atoms with Crippen LogP contribution in [-0.2, 0) is 19.6 Å². The van der Waals surface area contributed by atoms with E-state index in [1.165, 1.54) is 23.5 Å². The molecule has 2 atom stereocenters. The molecule has 0 bridgehead atoms. The third-order valence-corrected chi connectivity index (χ3v) is 7.54. The summed E-state index contributed by atoms with van der Waals surface area (Å²) in [6.45, 7) is 4.21. The first-order chi connectivity index (χ1) is 15.6. The predicted molar refractivity (Wildman–Crippen MR) is 130 cm³/mol. The number of nitrogens with zero attached hydrogens (tertiary/aromatic N) is 1. The SMILES string of the molecule is CC(C)C[C@H](NS(=O)(=O)c1ccccc1)C(=O)N1CCC[C@H]1C(=O)[CH]c1cc(Cl)ccc1Cl. The number of carbonyl (C=O) groups is 2. The number of amides is 1. The Bertz CT molecular complexity index is 1110. The van der Waals surface area contributed by atoms with Crippen LogP contribution in [0.3, 0.4) is 0 Å². The highest BCUT2D eigenvalue weighted by Crippen LogP contribution is 2.27. The lowest BCUT2D eigenvalue weighted by atomic mass is 10.00. The molecule has 9 heteroatoms. The van der Waals surface area contributed by atoms with Gasteiger partial charge in [-0.15, -0.1) is 0 Å². The summed E-state index contributed by atoms with van der Waals surface area (Å²) in [6, 6.07) is 11.1. The molecule has 0 aliphatic carbocycles. The first-order valence-corrected chi connectivity index (χ1v) is 13.0. The molecular weight excluding hydrogens is 483 g/mol. The van der Waals surface area contributed by atoms with E-state index in [1.54, 1.807) is 36.4 Å². The van der Waals surface area contributed by atoms with Gasteiger partial charge in [0.15, 0.2) is 5.78 Å². The Balaban J connectivity index is 1.80. The van der Waals surface area contributed by atoms with E-state index >= 15 is 0 Å². The van der Waals surface area contributed by atoms with E-state index in [1.807, 2.05) is 13.8 Å². The van der Waals surface area contributed by atoms with Crippen LogP contribution in [0.25, 0.3) is 0 Å². The maximum absolute atomic E-state index is 13.5. The van der Waals surface area contributed by atoms with Crippen LogP contribution in [0.1, 0.15) is 38.7 Å². The summed E-state index contributed by atoms with van der Waals surface area (Å²) in [7, 11) is -3.90. The van der Waals surface area contributed by atoms with Gasteiger partial charge >= 0.3 is 0 Å². The Hall–Kier alpha value is -1.93. The van der Waals surface area contributed by atoms with Gasteiger partial charge in [-0.2, -0.15) is 4.72 Å². The van der Waals surface area contributed by atoms with E-state index in [-0.39, 0.29) is 16.6 Å². The number of benzene rings is 2. The molecule has 1 aliphatic rings. The lowest BCUT2D eigenvalue weighted by Gasteiger charge is -2.29. The molecule has 1 heterocycles. The second kappa shape index (κ2) is 11.0. The van der Waals surface area contributed by atoms with Crippen molar-refractivity contribution in [3.8, 4) is 0 Å². The van der Waals surface area contributed by atoms with Crippen molar-refractivity contribution in [1.82, 2.24) is 9.62 Å². The van der Waals surface area contributed by atoms with Gasteiger partial charge in [0.25, 0.3) is 0 Å². The van der Waals surface area contributed by atoms with Crippen LogP contribution in [0.2, 0.25) is 10.0 Å². The number of carbonyl (C=O) groups excluding carboxylic acids is 2. The molecule has 6 nitrogen and oxygen atoms in total. The van der Waals surface area contributed by atoms with Crippen LogP contribution in [0.4, 0.5) is 0 Å². The van der Waals surface area contributed by atoms with Gasteiger partial charge in [0.05, 0.1) is 17.4 Å². The van der Waals surface area contributed by atoms with Gasteiger partial charge < -0.3 is 4.90 Å². The maximum atomic E-state index is 13.5. The fourth-order valence-corrected chi connectivity index (χ4v) is 5.50. The highest BCUT2D eigenvalue weighted by molar-refractivity contribution is 7.89. The predicted octanol–water partition coefficient (Wildman–Crippen LogP) is 4.50. The summed E-state index contributed by atoms with van der Waals surface area (Å²) in [6.07, 6.45) is 2.86. The fourth-order valence-electron chi connectivity index (χ4n) is 3.93. The monoisotopic (exact) mass is 509 g/mol. The van der Waals surface area contributed by atoms with E-state index in [2.05, 4.69) is 4.72 Å². The van der Waals surface area contributed by atoms with Crippen LogP contribution < -0.4 is 4.72 Å². The van der Waals surface area contributed by atoms with Gasteiger partial charge in [-0.1, -0.05) is 55.2 Å². The fraction of sp³-hybridized carbons (Fsp3) is 0.375. The number of sulfonamides is 1. The van der Waals surface area contributed by atoms with Crippen molar-refractivity contribution >= 4 is 44.9 Å². The van der Waals surface area contributed by atoms with Gasteiger partial charge in [0, 0.05) is 16.6 Å². The zero-order chi connectivity index (χ0) is 24.2. The minimum Gasteiger partial charge on any atom is -0.331 e. The molecular formula is C24H27Cl2N2O4S. The molecule has 1 amide bonds. The van der Waals surface area contributed by atoms with Crippen LogP contribution in [0.15, 0.2) is 53.4 Å². The number of Topliss-reactive ketones (excluding diaryl/α,β-unsaturated/α-hetero) is 1. The van der Waals surface area contributed by atoms with Crippen molar-refractivity contribution in [3.05, 3.63) is 70.6 Å².